The molecular weight excluding hydrogens is 579 g/mol. The number of rotatable bonds is 10. The van der Waals surface area contributed by atoms with Crippen molar-refractivity contribution in [2.75, 3.05) is 57.7 Å². The average Bonchev–Trinajstić information content (AvgIpc) is 3.32. The van der Waals surface area contributed by atoms with E-state index in [0.29, 0.717) is 5.65 Å². The molecule has 12 heteroatoms. The topological polar surface area (TPSA) is 81.5 Å². The SMILES string of the molecule is Cl.O[C@H]1CC[C@H](n2cc(-c3ccc(CN4CCN(CCC5CNC5)CC4)cc3)c3cnc(NCCC(F)(F)F)nc32)CC1. The third-order valence-corrected chi connectivity index (χ3v) is 9.18. The molecule has 236 valence electrons. The van der Waals surface area contributed by atoms with Crippen LogP contribution in [0.25, 0.3) is 22.2 Å². The van der Waals surface area contributed by atoms with Gasteiger partial charge < -0.3 is 25.2 Å². The van der Waals surface area contributed by atoms with Crippen LogP contribution in [0.15, 0.2) is 36.7 Å². The number of aliphatic hydroxyl groups is 1. The summed E-state index contributed by atoms with van der Waals surface area (Å²) in [5, 5.41) is 17.0. The highest BCUT2D eigenvalue weighted by Gasteiger charge is 2.27. The van der Waals surface area contributed by atoms with Gasteiger partial charge >= 0.3 is 6.18 Å². The zero-order valence-corrected chi connectivity index (χ0v) is 25.3. The zero-order chi connectivity index (χ0) is 29.1. The van der Waals surface area contributed by atoms with E-state index in [1.807, 2.05) is 0 Å². The lowest BCUT2D eigenvalue weighted by Crippen LogP contribution is -2.48. The van der Waals surface area contributed by atoms with Gasteiger partial charge in [-0.05, 0) is 68.8 Å². The predicted molar refractivity (Wildman–Crippen MR) is 166 cm³/mol. The smallest absolute Gasteiger partial charge is 0.390 e. The Bertz CT molecular complexity index is 1320. The van der Waals surface area contributed by atoms with Gasteiger partial charge in [-0.3, -0.25) is 4.90 Å². The van der Waals surface area contributed by atoms with Crippen LogP contribution >= 0.6 is 12.4 Å². The summed E-state index contributed by atoms with van der Waals surface area (Å²) in [5.41, 5.74) is 4.08. The fourth-order valence-corrected chi connectivity index (χ4v) is 6.41. The van der Waals surface area contributed by atoms with Gasteiger partial charge in [0, 0.05) is 68.7 Å². The summed E-state index contributed by atoms with van der Waals surface area (Å²) in [6.07, 6.45) is 2.77. The molecule has 4 heterocycles. The number of nitrogens with zero attached hydrogens (tertiary/aromatic N) is 5. The summed E-state index contributed by atoms with van der Waals surface area (Å²) in [4.78, 5) is 14.1. The van der Waals surface area contributed by atoms with E-state index < -0.39 is 12.6 Å². The van der Waals surface area contributed by atoms with E-state index in [0.717, 1.165) is 80.8 Å². The van der Waals surface area contributed by atoms with E-state index in [2.05, 4.69) is 65.4 Å². The molecule has 0 radical (unpaired) electrons. The third kappa shape index (κ3) is 8.19. The molecule has 3 aromatic rings. The Morgan fingerprint density at radius 2 is 1.67 bits per heavy atom. The van der Waals surface area contributed by atoms with Crippen LogP contribution in [-0.2, 0) is 6.54 Å². The Balaban J connectivity index is 0.00000368. The first-order chi connectivity index (χ1) is 20.3. The molecule has 3 N–H and O–H groups in total. The van der Waals surface area contributed by atoms with Crippen molar-refractivity contribution in [1.82, 2.24) is 29.7 Å². The maximum Gasteiger partial charge on any atom is 0.390 e. The fraction of sp³-hybridized carbons (Fsp3) is 0.613. The lowest BCUT2D eigenvalue weighted by Gasteiger charge is -2.36. The van der Waals surface area contributed by atoms with Crippen LogP contribution < -0.4 is 10.6 Å². The van der Waals surface area contributed by atoms with Gasteiger partial charge in [-0.15, -0.1) is 12.4 Å². The number of aliphatic hydroxyl groups excluding tert-OH is 1. The number of fused-ring (bicyclic) bond motifs is 1. The van der Waals surface area contributed by atoms with Crippen molar-refractivity contribution in [3.8, 4) is 11.1 Å². The van der Waals surface area contributed by atoms with Gasteiger partial charge in [0.05, 0.1) is 12.5 Å². The van der Waals surface area contributed by atoms with Crippen molar-refractivity contribution < 1.29 is 18.3 Å². The second-order valence-corrected chi connectivity index (χ2v) is 12.3. The lowest BCUT2D eigenvalue weighted by molar-refractivity contribution is -0.131. The van der Waals surface area contributed by atoms with Crippen molar-refractivity contribution in [3.63, 3.8) is 0 Å². The number of alkyl halides is 3. The summed E-state index contributed by atoms with van der Waals surface area (Å²) >= 11 is 0. The van der Waals surface area contributed by atoms with E-state index in [1.165, 1.54) is 31.6 Å². The molecule has 0 unspecified atom stereocenters. The number of benzene rings is 1. The van der Waals surface area contributed by atoms with Crippen LogP contribution in [0.4, 0.5) is 19.1 Å². The maximum absolute atomic E-state index is 12.7. The van der Waals surface area contributed by atoms with Crippen molar-refractivity contribution in [2.24, 2.45) is 5.92 Å². The normalized spacial score (nSPS) is 22.3. The molecule has 0 spiro atoms. The Hall–Kier alpha value is -2.44. The molecule has 2 aromatic heterocycles. The van der Waals surface area contributed by atoms with Gasteiger partial charge in [0.25, 0.3) is 0 Å². The van der Waals surface area contributed by atoms with Gasteiger partial charge in [-0.25, -0.2) is 4.98 Å². The molecule has 0 bridgehead atoms. The Labute approximate surface area is 257 Å². The van der Waals surface area contributed by atoms with E-state index in [9.17, 15) is 18.3 Å². The van der Waals surface area contributed by atoms with Gasteiger partial charge in [-0.2, -0.15) is 18.2 Å². The van der Waals surface area contributed by atoms with Crippen molar-refractivity contribution in [2.45, 2.75) is 63.4 Å². The number of hydrogen-bond donors (Lipinski definition) is 3. The van der Waals surface area contributed by atoms with Crippen LogP contribution in [0.1, 0.15) is 50.1 Å². The summed E-state index contributed by atoms with van der Waals surface area (Å²) in [6, 6.07) is 8.86. The van der Waals surface area contributed by atoms with Crippen molar-refractivity contribution in [1.29, 1.82) is 0 Å². The van der Waals surface area contributed by atoms with E-state index >= 15 is 0 Å². The van der Waals surface area contributed by atoms with Gasteiger partial charge in [0.2, 0.25) is 5.95 Å². The Morgan fingerprint density at radius 3 is 2.33 bits per heavy atom. The van der Waals surface area contributed by atoms with Gasteiger partial charge in [0.1, 0.15) is 5.65 Å². The fourth-order valence-electron chi connectivity index (χ4n) is 6.41. The first kappa shape index (κ1) is 32.0. The monoisotopic (exact) mass is 621 g/mol. The second kappa shape index (κ2) is 14.1. The average molecular weight is 622 g/mol. The highest BCUT2D eigenvalue weighted by Crippen LogP contribution is 2.37. The minimum absolute atomic E-state index is 0. The molecule has 2 saturated heterocycles. The number of hydrogen-bond acceptors (Lipinski definition) is 7. The molecule has 43 heavy (non-hydrogen) atoms. The third-order valence-electron chi connectivity index (χ3n) is 9.18. The van der Waals surface area contributed by atoms with Crippen LogP contribution in [0.2, 0.25) is 0 Å². The van der Waals surface area contributed by atoms with E-state index in [1.54, 1.807) is 6.20 Å². The largest absolute Gasteiger partial charge is 0.393 e. The summed E-state index contributed by atoms with van der Waals surface area (Å²) < 4.78 is 40.2. The highest BCUT2D eigenvalue weighted by atomic mass is 35.5. The van der Waals surface area contributed by atoms with Crippen LogP contribution in [0.3, 0.4) is 0 Å². The predicted octanol–water partition coefficient (Wildman–Crippen LogP) is 5.09. The van der Waals surface area contributed by atoms with Crippen molar-refractivity contribution >= 4 is 29.4 Å². The molecule has 6 rings (SSSR count). The van der Waals surface area contributed by atoms with Crippen molar-refractivity contribution in [3.05, 3.63) is 42.2 Å². The molecule has 0 amide bonds. The number of anilines is 1. The highest BCUT2D eigenvalue weighted by molar-refractivity contribution is 5.94. The minimum atomic E-state index is -4.24. The van der Waals surface area contributed by atoms with E-state index in [4.69, 9.17) is 0 Å². The molecule has 2 aliphatic heterocycles. The van der Waals surface area contributed by atoms with Crippen LogP contribution in [0, 0.1) is 5.92 Å². The molecule has 1 aromatic carbocycles. The number of aromatic nitrogens is 3. The second-order valence-electron chi connectivity index (χ2n) is 12.3. The molecule has 8 nitrogen and oxygen atoms in total. The minimum Gasteiger partial charge on any atom is -0.393 e. The lowest BCUT2D eigenvalue weighted by atomic mass is 9.93. The number of halogens is 4. The van der Waals surface area contributed by atoms with Gasteiger partial charge in [0.15, 0.2) is 0 Å². The molecular formula is C31H43ClF3N7O. The summed E-state index contributed by atoms with van der Waals surface area (Å²) in [6.45, 7) is 8.66. The number of nitrogens with one attached hydrogen (secondary N) is 2. The quantitative estimate of drug-likeness (QED) is 0.291. The summed E-state index contributed by atoms with van der Waals surface area (Å²) in [7, 11) is 0. The van der Waals surface area contributed by atoms with Gasteiger partial charge in [-0.1, -0.05) is 24.3 Å². The molecule has 1 aliphatic carbocycles. The maximum atomic E-state index is 12.7. The molecule has 3 aliphatic rings. The zero-order valence-electron chi connectivity index (χ0n) is 24.5. The first-order valence-corrected chi connectivity index (χ1v) is 15.4. The molecule has 3 fully saturated rings. The Morgan fingerprint density at radius 1 is 0.977 bits per heavy atom. The van der Waals surface area contributed by atoms with Crippen LogP contribution in [-0.4, -0.2) is 94.1 Å². The Kier molecular flexibility index (Phi) is 10.5. The molecule has 0 atom stereocenters. The van der Waals surface area contributed by atoms with E-state index in [-0.39, 0.29) is 37.0 Å². The first-order valence-electron chi connectivity index (χ1n) is 15.4. The van der Waals surface area contributed by atoms with Crippen LogP contribution in [0.5, 0.6) is 0 Å². The standard InChI is InChI=1S/C31H42F3N7O.ClH/c32-31(33,34)10-11-36-30-37-19-27-28(21-41(29(27)38-30)25-5-7-26(42)8-6-25)24-3-1-22(2-4-24)20-40-15-13-39(14-16-40)12-9-23-17-35-18-23;/h1-4,19,21,23,25-26,35,42H,5-18,20H2,(H,36,37,38);1H/t25-,26-;. The summed E-state index contributed by atoms with van der Waals surface area (Å²) in [5.74, 6) is 1.06. The molecule has 1 saturated carbocycles. The number of piperazine rings is 1.